The second kappa shape index (κ2) is 6.65. The Morgan fingerprint density at radius 1 is 1.09 bits per heavy atom. The van der Waals surface area contributed by atoms with E-state index in [2.05, 4.69) is 22.8 Å². The third-order valence-corrected chi connectivity index (χ3v) is 4.07. The Bertz CT molecular complexity index is 712. The van der Waals surface area contributed by atoms with Crippen LogP contribution in [0.2, 0.25) is 0 Å². The van der Waals surface area contributed by atoms with E-state index in [4.69, 9.17) is 0 Å². The van der Waals surface area contributed by atoms with Gasteiger partial charge in [0.25, 0.3) is 0 Å². The minimum absolute atomic E-state index is 0.0796. The van der Waals surface area contributed by atoms with Gasteiger partial charge in [0.05, 0.1) is 0 Å². The van der Waals surface area contributed by atoms with E-state index in [1.807, 2.05) is 42.5 Å². The maximum absolute atomic E-state index is 12.2. The first-order valence-electron chi connectivity index (χ1n) is 7.82. The average molecular weight is 308 g/mol. The van der Waals surface area contributed by atoms with Crippen LogP contribution in [0.5, 0.6) is 0 Å². The van der Waals surface area contributed by atoms with Crippen molar-refractivity contribution in [3.63, 3.8) is 0 Å². The molecule has 2 aromatic carbocycles. The van der Waals surface area contributed by atoms with Gasteiger partial charge in [0.15, 0.2) is 0 Å². The van der Waals surface area contributed by atoms with E-state index >= 15 is 0 Å². The van der Waals surface area contributed by atoms with Crippen molar-refractivity contribution in [2.75, 3.05) is 5.32 Å². The topological polar surface area (TPSA) is 58.2 Å². The van der Waals surface area contributed by atoms with Crippen molar-refractivity contribution in [2.45, 2.75) is 25.8 Å². The van der Waals surface area contributed by atoms with E-state index in [-0.39, 0.29) is 17.7 Å². The fourth-order valence-electron chi connectivity index (χ4n) is 2.84. The summed E-state index contributed by atoms with van der Waals surface area (Å²) in [5.41, 5.74) is 2.96. The van der Waals surface area contributed by atoms with E-state index in [1.54, 1.807) is 0 Å². The molecule has 0 saturated heterocycles. The first kappa shape index (κ1) is 15.3. The molecule has 3 rings (SSSR count). The Labute approximate surface area is 135 Å². The third-order valence-electron chi connectivity index (χ3n) is 4.07. The van der Waals surface area contributed by atoms with Crippen LogP contribution >= 0.6 is 0 Å². The van der Waals surface area contributed by atoms with Crippen molar-refractivity contribution < 1.29 is 9.59 Å². The highest BCUT2D eigenvalue weighted by molar-refractivity contribution is 5.88. The highest BCUT2D eigenvalue weighted by atomic mass is 16.2. The van der Waals surface area contributed by atoms with Crippen LogP contribution in [0.25, 0.3) is 0 Å². The van der Waals surface area contributed by atoms with Gasteiger partial charge < -0.3 is 10.6 Å². The molecular weight excluding hydrogens is 288 g/mol. The zero-order valence-electron chi connectivity index (χ0n) is 13.1. The van der Waals surface area contributed by atoms with E-state index in [1.165, 1.54) is 12.5 Å². The van der Waals surface area contributed by atoms with E-state index in [0.29, 0.717) is 12.5 Å². The minimum Gasteiger partial charge on any atom is -0.352 e. The summed E-state index contributed by atoms with van der Waals surface area (Å²) >= 11 is 0. The summed E-state index contributed by atoms with van der Waals surface area (Å²) in [6.45, 7) is 1.95. The van der Waals surface area contributed by atoms with Crippen molar-refractivity contribution in [1.82, 2.24) is 5.32 Å². The van der Waals surface area contributed by atoms with Gasteiger partial charge in [0.2, 0.25) is 11.8 Å². The standard InChI is InChI=1S/C19H20N2O2/c1-13(22)21-16-9-5-6-14(10-16)12-20-19(23)18-11-17(18)15-7-3-2-4-8-15/h2-10,17-18H,11-12H2,1H3,(H,20,23)(H,21,22)/t17-,18-/m0/s1. The van der Waals surface area contributed by atoms with Gasteiger partial charge >= 0.3 is 0 Å². The number of anilines is 1. The molecule has 118 valence electrons. The number of rotatable bonds is 5. The molecule has 2 aromatic rings. The fourth-order valence-corrected chi connectivity index (χ4v) is 2.84. The van der Waals surface area contributed by atoms with Crippen molar-refractivity contribution in [2.24, 2.45) is 5.92 Å². The molecule has 0 unspecified atom stereocenters. The van der Waals surface area contributed by atoms with Gasteiger partial charge in [0.1, 0.15) is 0 Å². The highest BCUT2D eigenvalue weighted by Gasteiger charge is 2.43. The molecule has 2 atom stereocenters. The van der Waals surface area contributed by atoms with Gasteiger partial charge in [-0.05, 0) is 35.6 Å². The molecule has 23 heavy (non-hydrogen) atoms. The molecule has 4 nitrogen and oxygen atoms in total. The van der Waals surface area contributed by atoms with Crippen LogP contribution in [0, 0.1) is 5.92 Å². The number of carbonyl (C=O) groups is 2. The lowest BCUT2D eigenvalue weighted by atomic mass is 10.1. The van der Waals surface area contributed by atoms with Crippen molar-refractivity contribution in [3.8, 4) is 0 Å². The van der Waals surface area contributed by atoms with Gasteiger partial charge in [-0.15, -0.1) is 0 Å². The SMILES string of the molecule is CC(=O)Nc1cccc(CNC(=O)[C@H]2C[C@H]2c2ccccc2)c1. The molecule has 0 bridgehead atoms. The van der Waals surface area contributed by atoms with Crippen LogP contribution in [-0.4, -0.2) is 11.8 Å². The van der Waals surface area contributed by atoms with Gasteiger partial charge in [0, 0.05) is 25.1 Å². The predicted molar refractivity (Wildman–Crippen MR) is 89.9 cm³/mol. The number of hydrogen-bond donors (Lipinski definition) is 2. The average Bonchev–Trinajstić information content (AvgIpc) is 3.34. The van der Waals surface area contributed by atoms with Gasteiger partial charge in [-0.1, -0.05) is 42.5 Å². The second-order valence-electron chi connectivity index (χ2n) is 5.96. The Hall–Kier alpha value is -2.62. The Morgan fingerprint density at radius 3 is 2.61 bits per heavy atom. The Balaban J connectivity index is 1.53. The molecule has 0 radical (unpaired) electrons. The van der Waals surface area contributed by atoms with Crippen LogP contribution in [-0.2, 0) is 16.1 Å². The quantitative estimate of drug-likeness (QED) is 0.892. The highest BCUT2D eigenvalue weighted by Crippen LogP contribution is 2.47. The first-order valence-corrected chi connectivity index (χ1v) is 7.82. The number of nitrogens with one attached hydrogen (secondary N) is 2. The molecule has 0 aromatic heterocycles. The minimum atomic E-state index is -0.102. The van der Waals surface area contributed by atoms with Crippen LogP contribution in [0.1, 0.15) is 30.4 Å². The van der Waals surface area contributed by atoms with Crippen molar-refractivity contribution in [3.05, 3.63) is 65.7 Å². The van der Waals surface area contributed by atoms with Crippen molar-refractivity contribution in [1.29, 1.82) is 0 Å². The molecule has 0 spiro atoms. The van der Waals surface area contributed by atoms with Crippen LogP contribution in [0.15, 0.2) is 54.6 Å². The zero-order chi connectivity index (χ0) is 16.2. The summed E-state index contributed by atoms with van der Waals surface area (Å²) in [5.74, 6) is 0.427. The van der Waals surface area contributed by atoms with Crippen molar-refractivity contribution >= 4 is 17.5 Å². The summed E-state index contributed by atoms with van der Waals surface area (Å²) in [6.07, 6.45) is 0.918. The smallest absolute Gasteiger partial charge is 0.224 e. The largest absolute Gasteiger partial charge is 0.352 e. The molecular formula is C19H20N2O2. The molecule has 2 amide bonds. The maximum Gasteiger partial charge on any atom is 0.224 e. The van der Waals surface area contributed by atoms with Gasteiger partial charge in [-0.2, -0.15) is 0 Å². The van der Waals surface area contributed by atoms with Crippen LogP contribution < -0.4 is 10.6 Å². The van der Waals surface area contributed by atoms with E-state index in [9.17, 15) is 9.59 Å². The normalized spacial score (nSPS) is 19.0. The molecule has 1 fully saturated rings. The number of hydrogen-bond acceptors (Lipinski definition) is 2. The van der Waals surface area contributed by atoms with Crippen LogP contribution in [0.3, 0.4) is 0 Å². The molecule has 2 N–H and O–H groups in total. The molecule has 1 aliphatic rings. The van der Waals surface area contributed by atoms with Gasteiger partial charge in [-0.25, -0.2) is 0 Å². The zero-order valence-corrected chi connectivity index (χ0v) is 13.1. The summed E-state index contributed by atoms with van der Waals surface area (Å²) in [7, 11) is 0. The maximum atomic E-state index is 12.2. The lowest BCUT2D eigenvalue weighted by Crippen LogP contribution is -2.24. The summed E-state index contributed by atoms with van der Waals surface area (Å²) in [5, 5.41) is 5.73. The number of benzene rings is 2. The molecule has 1 aliphatic carbocycles. The lowest BCUT2D eigenvalue weighted by molar-refractivity contribution is -0.122. The third kappa shape index (κ3) is 3.97. The van der Waals surface area contributed by atoms with E-state index < -0.39 is 0 Å². The lowest BCUT2D eigenvalue weighted by Gasteiger charge is -2.08. The monoisotopic (exact) mass is 308 g/mol. The Kier molecular flexibility index (Phi) is 4.42. The predicted octanol–water partition coefficient (Wildman–Crippen LogP) is 3.06. The first-order chi connectivity index (χ1) is 11.1. The van der Waals surface area contributed by atoms with Crippen LogP contribution in [0.4, 0.5) is 5.69 Å². The van der Waals surface area contributed by atoms with Gasteiger partial charge in [-0.3, -0.25) is 9.59 Å². The second-order valence-corrected chi connectivity index (χ2v) is 5.96. The molecule has 0 heterocycles. The molecule has 4 heteroatoms. The van der Waals surface area contributed by atoms with E-state index in [0.717, 1.165) is 17.7 Å². The summed E-state index contributed by atoms with van der Waals surface area (Å²) in [6, 6.07) is 17.7. The molecule has 1 saturated carbocycles. The summed E-state index contributed by atoms with van der Waals surface area (Å²) in [4.78, 5) is 23.3. The number of carbonyl (C=O) groups excluding carboxylic acids is 2. The fraction of sp³-hybridized carbons (Fsp3) is 0.263. The summed E-state index contributed by atoms with van der Waals surface area (Å²) < 4.78 is 0. The Morgan fingerprint density at radius 2 is 1.87 bits per heavy atom. The molecule has 0 aliphatic heterocycles. The number of amides is 2.